The second-order valence-electron chi connectivity index (χ2n) is 8.05. The smallest absolute Gasteiger partial charge is 0.273 e. The topological polar surface area (TPSA) is 66.3 Å². The molecule has 31 heavy (non-hydrogen) atoms. The summed E-state index contributed by atoms with van der Waals surface area (Å²) in [5.41, 5.74) is 4.49. The summed E-state index contributed by atoms with van der Waals surface area (Å²) < 4.78 is 1.72. The van der Waals surface area contributed by atoms with E-state index < -0.39 is 0 Å². The molecular formula is C24H30N6O. The van der Waals surface area contributed by atoms with Crippen molar-refractivity contribution in [2.75, 3.05) is 44.2 Å². The van der Waals surface area contributed by atoms with Crippen LogP contribution in [0.15, 0.2) is 54.6 Å². The Morgan fingerprint density at radius 1 is 0.968 bits per heavy atom. The van der Waals surface area contributed by atoms with E-state index in [-0.39, 0.29) is 5.91 Å². The van der Waals surface area contributed by atoms with Gasteiger partial charge in [0.25, 0.3) is 5.91 Å². The van der Waals surface area contributed by atoms with Crippen LogP contribution in [0.5, 0.6) is 0 Å². The first-order valence-corrected chi connectivity index (χ1v) is 10.9. The monoisotopic (exact) mass is 418 g/mol. The number of piperazine rings is 1. The predicted octanol–water partition coefficient (Wildman–Crippen LogP) is 2.83. The Kier molecular flexibility index (Phi) is 6.62. The van der Waals surface area contributed by atoms with Crippen molar-refractivity contribution in [3.05, 3.63) is 71.5 Å². The van der Waals surface area contributed by atoms with Crippen LogP contribution in [-0.2, 0) is 0 Å². The fourth-order valence-corrected chi connectivity index (χ4v) is 4.00. The minimum absolute atomic E-state index is 0.162. The summed E-state index contributed by atoms with van der Waals surface area (Å²) in [5.74, 6) is -0.162. The number of hydrogen-bond donors (Lipinski definition) is 1. The largest absolute Gasteiger partial charge is 0.369 e. The molecule has 1 N–H and O–H groups in total. The van der Waals surface area contributed by atoms with Gasteiger partial charge in [-0.2, -0.15) is 0 Å². The van der Waals surface area contributed by atoms with Crippen LogP contribution in [0.4, 0.5) is 5.69 Å². The molecule has 0 atom stereocenters. The van der Waals surface area contributed by atoms with Crippen molar-refractivity contribution in [1.29, 1.82) is 0 Å². The Labute approximate surface area is 183 Å². The molecule has 2 heterocycles. The van der Waals surface area contributed by atoms with Crippen LogP contribution < -0.4 is 10.2 Å². The molecule has 1 fully saturated rings. The van der Waals surface area contributed by atoms with Crippen LogP contribution in [0.25, 0.3) is 5.69 Å². The molecule has 2 aromatic carbocycles. The van der Waals surface area contributed by atoms with Gasteiger partial charge in [-0.25, -0.2) is 4.68 Å². The van der Waals surface area contributed by atoms with Gasteiger partial charge in [0, 0.05) is 38.4 Å². The van der Waals surface area contributed by atoms with E-state index in [1.54, 1.807) is 4.68 Å². The quantitative estimate of drug-likeness (QED) is 0.598. The van der Waals surface area contributed by atoms with Crippen molar-refractivity contribution >= 4 is 11.6 Å². The molecule has 1 aromatic heterocycles. The van der Waals surface area contributed by atoms with E-state index in [1.165, 1.54) is 5.69 Å². The Hall–Kier alpha value is -3.19. The normalized spacial score (nSPS) is 14.6. The standard InChI is InChI=1S/C24H30N6O/c1-19-8-6-11-22(18-19)30-20(2)23(26-27-30)24(31)25-12-7-13-28-14-16-29(17-15-28)21-9-4-3-5-10-21/h3-6,8-11,18H,7,12-17H2,1-2H3,(H,25,31). The molecule has 7 heteroatoms. The minimum Gasteiger partial charge on any atom is -0.369 e. The number of amides is 1. The molecule has 0 spiro atoms. The fraction of sp³-hybridized carbons (Fsp3) is 0.375. The molecule has 1 aliphatic heterocycles. The summed E-state index contributed by atoms with van der Waals surface area (Å²) in [4.78, 5) is 17.5. The Balaban J connectivity index is 1.22. The van der Waals surface area contributed by atoms with E-state index in [0.29, 0.717) is 12.2 Å². The van der Waals surface area contributed by atoms with Crippen molar-refractivity contribution in [2.24, 2.45) is 0 Å². The van der Waals surface area contributed by atoms with E-state index in [1.807, 2.05) is 38.1 Å². The van der Waals surface area contributed by atoms with Crippen LogP contribution in [-0.4, -0.2) is 65.1 Å². The number of carbonyl (C=O) groups excluding carboxylic acids is 1. The average molecular weight is 419 g/mol. The third kappa shape index (κ3) is 5.11. The maximum atomic E-state index is 12.6. The molecule has 162 valence electrons. The number of nitrogens with zero attached hydrogens (tertiary/aromatic N) is 5. The number of aromatic nitrogens is 3. The van der Waals surface area contributed by atoms with E-state index in [2.05, 4.69) is 55.8 Å². The van der Waals surface area contributed by atoms with E-state index in [0.717, 1.165) is 56.1 Å². The molecule has 0 aliphatic carbocycles. The molecule has 1 saturated heterocycles. The number of aryl methyl sites for hydroxylation is 1. The zero-order valence-electron chi connectivity index (χ0n) is 18.3. The summed E-state index contributed by atoms with van der Waals surface area (Å²) in [7, 11) is 0. The zero-order chi connectivity index (χ0) is 21.6. The van der Waals surface area contributed by atoms with Crippen molar-refractivity contribution in [3.63, 3.8) is 0 Å². The van der Waals surface area contributed by atoms with Crippen LogP contribution in [0.1, 0.15) is 28.2 Å². The van der Waals surface area contributed by atoms with Gasteiger partial charge >= 0.3 is 0 Å². The lowest BCUT2D eigenvalue weighted by Gasteiger charge is -2.36. The van der Waals surface area contributed by atoms with Gasteiger partial charge in [0.1, 0.15) is 0 Å². The van der Waals surface area contributed by atoms with Gasteiger partial charge in [-0.3, -0.25) is 9.69 Å². The first kappa shape index (κ1) is 21.1. The van der Waals surface area contributed by atoms with Crippen LogP contribution in [0.2, 0.25) is 0 Å². The van der Waals surface area contributed by atoms with E-state index >= 15 is 0 Å². The van der Waals surface area contributed by atoms with Gasteiger partial charge in [0.15, 0.2) is 5.69 Å². The molecule has 3 aromatic rings. The third-order valence-electron chi connectivity index (χ3n) is 5.79. The first-order valence-electron chi connectivity index (χ1n) is 10.9. The van der Waals surface area contributed by atoms with Gasteiger partial charge in [0.05, 0.1) is 11.4 Å². The average Bonchev–Trinajstić information content (AvgIpc) is 3.19. The summed E-state index contributed by atoms with van der Waals surface area (Å²) in [5, 5.41) is 11.3. The SMILES string of the molecule is Cc1cccc(-n2nnc(C(=O)NCCCN3CCN(c4ccccc4)CC3)c2C)c1. The van der Waals surface area contributed by atoms with E-state index in [9.17, 15) is 4.79 Å². The second-order valence-corrected chi connectivity index (χ2v) is 8.05. The van der Waals surface area contributed by atoms with Crippen LogP contribution in [0, 0.1) is 13.8 Å². The fourth-order valence-electron chi connectivity index (χ4n) is 4.00. The molecular weight excluding hydrogens is 388 g/mol. The van der Waals surface area contributed by atoms with Gasteiger partial charge in [-0.15, -0.1) is 5.10 Å². The Morgan fingerprint density at radius 2 is 1.71 bits per heavy atom. The number of nitrogens with one attached hydrogen (secondary N) is 1. The van der Waals surface area contributed by atoms with Crippen molar-refractivity contribution < 1.29 is 4.79 Å². The van der Waals surface area contributed by atoms with Gasteiger partial charge in [-0.1, -0.05) is 35.5 Å². The third-order valence-corrected chi connectivity index (χ3v) is 5.79. The van der Waals surface area contributed by atoms with Crippen molar-refractivity contribution in [2.45, 2.75) is 20.3 Å². The minimum atomic E-state index is -0.162. The summed E-state index contributed by atoms with van der Waals surface area (Å²) in [6, 6.07) is 18.6. The lowest BCUT2D eigenvalue weighted by atomic mass is 10.2. The van der Waals surface area contributed by atoms with Gasteiger partial charge < -0.3 is 10.2 Å². The number of benzene rings is 2. The molecule has 7 nitrogen and oxygen atoms in total. The first-order chi connectivity index (χ1) is 15.1. The van der Waals surface area contributed by atoms with Gasteiger partial charge in [-0.05, 0) is 56.6 Å². The second kappa shape index (κ2) is 9.75. The van der Waals surface area contributed by atoms with Crippen molar-refractivity contribution in [1.82, 2.24) is 25.2 Å². The Bertz CT molecular complexity index is 1010. The number of carbonyl (C=O) groups is 1. The molecule has 1 aliphatic rings. The lowest BCUT2D eigenvalue weighted by molar-refractivity contribution is 0.0945. The summed E-state index contributed by atoms with van der Waals surface area (Å²) in [6.07, 6.45) is 0.919. The predicted molar refractivity (Wildman–Crippen MR) is 123 cm³/mol. The lowest BCUT2D eigenvalue weighted by Crippen LogP contribution is -2.47. The highest BCUT2D eigenvalue weighted by atomic mass is 16.2. The highest BCUT2D eigenvalue weighted by molar-refractivity contribution is 5.93. The summed E-state index contributed by atoms with van der Waals surface area (Å²) >= 11 is 0. The molecule has 0 bridgehead atoms. The van der Waals surface area contributed by atoms with Crippen LogP contribution >= 0.6 is 0 Å². The number of hydrogen-bond acceptors (Lipinski definition) is 5. The molecule has 0 unspecified atom stereocenters. The maximum absolute atomic E-state index is 12.6. The number of anilines is 1. The van der Waals surface area contributed by atoms with Crippen molar-refractivity contribution in [3.8, 4) is 5.69 Å². The number of para-hydroxylation sites is 1. The molecule has 0 radical (unpaired) electrons. The molecule has 1 amide bonds. The highest BCUT2D eigenvalue weighted by Crippen LogP contribution is 2.16. The van der Waals surface area contributed by atoms with E-state index in [4.69, 9.17) is 0 Å². The molecule has 0 saturated carbocycles. The molecule has 4 rings (SSSR count). The summed E-state index contributed by atoms with van der Waals surface area (Å²) in [6.45, 7) is 9.70. The zero-order valence-corrected chi connectivity index (χ0v) is 18.3. The number of rotatable bonds is 7. The van der Waals surface area contributed by atoms with Gasteiger partial charge in [0.2, 0.25) is 0 Å². The highest BCUT2D eigenvalue weighted by Gasteiger charge is 2.18. The van der Waals surface area contributed by atoms with Crippen LogP contribution in [0.3, 0.4) is 0 Å². The Morgan fingerprint density at radius 3 is 2.45 bits per heavy atom. The maximum Gasteiger partial charge on any atom is 0.273 e.